The van der Waals surface area contributed by atoms with E-state index in [9.17, 15) is 13.6 Å². The van der Waals surface area contributed by atoms with Gasteiger partial charge in [-0.1, -0.05) is 23.7 Å². The summed E-state index contributed by atoms with van der Waals surface area (Å²) in [7, 11) is 0. The highest BCUT2D eigenvalue weighted by molar-refractivity contribution is 6.31. The van der Waals surface area contributed by atoms with Crippen molar-refractivity contribution in [2.24, 2.45) is 0 Å². The Morgan fingerprint density at radius 2 is 2.00 bits per heavy atom. The van der Waals surface area contributed by atoms with Crippen LogP contribution in [0.3, 0.4) is 0 Å². The van der Waals surface area contributed by atoms with E-state index in [1.807, 2.05) is 0 Å². The van der Waals surface area contributed by atoms with Gasteiger partial charge in [-0.05, 0) is 25.1 Å². The summed E-state index contributed by atoms with van der Waals surface area (Å²) in [6.07, 6.45) is 0. The average molecular weight is 312 g/mol. The number of hydrogen-bond acceptors (Lipinski definition) is 3. The van der Waals surface area contributed by atoms with Crippen LogP contribution < -0.4 is 5.73 Å². The summed E-state index contributed by atoms with van der Waals surface area (Å²) in [5, 5.41) is -0.111. The van der Waals surface area contributed by atoms with Crippen LogP contribution in [0.4, 0.5) is 14.5 Å². The average Bonchev–Trinajstić information content (AvgIpc) is 2.45. The maximum Gasteiger partial charge on any atom is 0.338 e. The van der Waals surface area contributed by atoms with E-state index in [-0.39, 0.29) is 28.4 Å². The smallest absolute Gasteiger partial charge is 0.338 e. The lowest BCUT2D eigenvalue weighted by Crippen LogP contribution is -2.08. The zero-order valence-electron chi connectivity index (χ0n) is 11.1. The molecule has 2 rings (SSSR count). The third-order valence-electron chi connectivity index (χ3n) is 3.01. The number of nitrogens with two attached hydrogens (primary N) is 1. The van der Waals surface area contributed by atoms with Gasteiger partial charge in [0.1, 0.15) is 18.2 Å². The Labute approximate surface area is 125 Å². The summed E-state index contributed by atoms with van der Waals surface area (Å²) in [6, 6.07) is 6.55. The van der Waals surface area contributed by atoms with Crippen molar-refractivity contribution in [3.63, 3.8) is 0 Å². The lowest BCUT2D eigenvalue weighted by Gasteiger charge is -2.09. The molecule has 6 heteroatoms. The van der Waals surface area contributed by atoms with Crippen LogP contribution in [0.15, 0.2) is 30.3 Å². The molecule has 2 aromatic carbocycles. The first kappa shape index (κ1) is 15.3. The Bertz CT molecular complexity index is 681. The summed E-state index contributed by atoms with van der Waals surface area (Å²) in [6.45, 7) is 1.29. The third kappa shape index (κ3) is 3.31. The largest absolute Gasteiger partial charge is 0.457 e. The number of nitrogen functional groups attached to an aromatic ring is 1. The lowest BCUT2D eigenvalue weighted by atomic mass is 10.1. The molecule has 110 valence electrons. The number of benzene rings is 2. The van der Waals surface area contributed by atoms with Crippen LogP contribution in [0, 0.1) is 18.6 Å². The minimum atomic E-state index is -0.763. The van der Waals surface area contributed by atoms with Crippen molar-refractivity contribution in [1.29, 1.82) is 0 Å². The van der Waals surface area contributed by atoms with Gasteiger partial charge in [-0.25, -0.2) is 13.6 Å². The molecule has 0 aliphatic heterocycles. The second-order valence-electron chi connectivity index (χ2n) is 4.46. The number of ether oxygens (including phenoxy) is 1. The third-order valence-corrected chi connectivity index (χ3v) is 3.43. The van der Waals surface area contributed by atoms with Gasteiger partial charge in [0.2, 0.25) is 0 Å². The minimum absolute atomic E-state index is 0.0110. The highest BCUT2D eigenvalue weighted by atomic mass is 35.5. The van der Waals surface area contributed by atoms with E-state index >= 15 is 0 Å². The molecule has 0 radical (unpaired) electrons. The highest BCUT2D eigenvalue weighted by Crippen LogP contribution is 2.22. The van der Waals surface area contributed by atoms with Crippen LogP contribution in [-0.4, -0.2) is 5.97 Å². The molecule has 0 spiro atoms. The lowest BCUT2D eigenvalue weighted by molar-refractivity contribution is 0.0472. The topological polar surface area (TPSA) is 52.3 Å². The zero-order valence-corrected chi connectivity index (χ0v) is 11.9. The van der Waals surface area contributed by atoms with Crippen molar-refractivity contribution in [3.8, 4) is 0 Å². The van der Waals surface area contributed by atoms with Crippen LogP contribution in [-0.2, 0) is 11.3 Å². The fraction of sp³-hybridized carbons (Fsp3) is 0.133. The van der Waals surface area contributed by atoms with Crippen molar-refractivity contribution in [1.82, 2.24) is 0 Å². The fourth-order valence-corrected chi connectivity index (χ4v) is 1.89. The minimum Gasteiger partial charge on any atom is -0.457 e. The van der Waals surface area contributed by atoms with Gasteiger partial charge in [0.25, 0.3) is 0 Å². The molecule has 0 aliphatic carbocycles. The molecular formula is C15H12ClF2NO2. The van der Waals surface area contributed by atoms with E-state index in [1.165, 1.54) is 31.2 Å². The van der Waals surface area contributed by atoms with E-state index in [0.29, 0.717) is 5.56 Å². The number of esters is 1. The first-order valence-corrected chi connectivity index (χ1v) is 6.43. The Hall–Kier alpha value is -2.14. The van der Waals surface area contributed by atoms with Gasteiger partial charge in [0.15, 0.2) is 0 Å². The molecule has 0 aromatic heterocycles. The number of hydrogen-bond donors (Lipinski definition) is 1. The molecule has 0 fully saturated rings. The molecule has 0 bridgehead atoms. The van der Waals surface area contributed by atoms with Crippen molar-refractivity contribution in [2.45, 2.75) is 13.5 Å². The standard InChI is InChI=1S/C15H12ClF2NO2/c1-8-12(18)5-10(6-13(8)19)15(20)21-7-9-3-2-4-11(17)14(9)16/h2-6H,7,19H2,1H3. The Balaban J connectivity index is 2.14. The number of carbonyl (C=O) groups excluding carboxylic acids is 1. The SMILES string of the molecule is Cc1c(N)cc(C(=O)OCc2cccc(F)c2Cl)cc1F. The van der Waals surface area contributed by atoms with E-state index in [0.717, 1.165) is 6.07 Å². The van der Waals surface area contributed by atoms with E-state index < -0.39 is 17.6 Å². The van der Waals surface area contributed by atoms with Crippen molar-refractivity contribution < 1.29 is 18.3 Å². The van der Waals surface area contributed by atoms with Crippen LogP contribution in [0.5, 0.6) is 0 Å². The molecule has 3 nitrogen and oxygen atoms in total. The van der Waals surface area contributed by atoms with E-state index in [4.69, 9.17) is 22.1 Å². The maximum absolute atomic E-state index is 13.5. The van der Waals surface area contributed by atoms with Crippen molar-refractivity contribution in [3.05, 3.63) is 63.7 Å². The first-order chi connectivity index (χ1) is 9.90. The second kappa shape index (κ2) is 6.10. The van der Waals surface area contributed by atoms with Gasteiger partial charge in [-0.15, -0.1) is 0 Å². The highest BCUT2D eigenvalue weighted by Gasteiger charge is 2.14. The summed E-state index contributed by atoms with van der Waals surface area (Å²) < 4.78 is 31.7. The molecule has 0 unspecified atom stereocenters. The molecule has 2 aromatic rings. The predicted molar refractivity (Wildman–Crippen MR) is 76.1 cm³/mol. The zero-order chi connectivity index (χ0) is 15.6. The number of rotatable bonds is 3. The van der Waals surface area contributed by atoms with Gasteiger partial charge in [0.05, 0.1) is 10.6 Å². The first-order valence-electron chi connectivity index (χ1n) is 6.05. The number of halogens is 3. The molecule has 2 N–H and O–H groups in total. The van der Waals surface area contributed by atoms with Gasteiger partial charge >= 0.3 is 5.97 Å². The van der Waals surface area contributed by atoms with Crippen LogP contribution in [0.25, 0.3) is 0 Å². The molecule has 0 atom stereocenters. The monoisotopic (exact) mass is 311 g/mol. The van der Waals surface area contributed by atoms with Gasteiger partial charge in [-0.3, -0.25) is 0 Å². The normalized spacial score (nSPS) is 10.5. The second-order valence-corrected chi connectivity index (χ2v) is 4.84. The molecule has 0 saturated carbocycles. The summed E-state index contributed by atoms with van der Waals surface area (Å²) >= 11 is 5.75. The quantitative estimate of drug-likeness (QED) is 0.691. The molecular weight excluding hydrogens is 300 g/mol. The van der Waals surface area contributed by atoms with Gasteiger partial charge < -0.3 is 10.5 Å². The fourth-order valence-electron chi connectivity index (χ4n) is 1.70. The Morgan fingerprint density at radius 3 is 2.67 bits per heavy atom. The van der Waals surface area contributed by atoms with Crippen molar-refractivity contribution >= 4 is 23.3 Å². The van der Waals surface area contributed by atoms with Gasteiger partial charge in [0, 0.05) is 16.8 Å². The summed E-state index contributed by atoms with van der Waals surface area (Å²) in [4.78, 5) is 11.8. The van der Waals surface area contributed by atoms with Crippen LogP contribution in [0.1, 0.15) is 21.5 Å². The predicted octanol–water partition coefficient (Wildman–Crippen LogP) is 3.87. The number of carbonyl (C=O) groups is 1. The maximum atomic E-state index is 13.5. The Kier molecular flexibility index (Phi) is 4.43. The van der Waals surface area contributed by atoms with Gasteiger partial charge in [-0.2, -0.15) is 0 Å². The summed E-state index contributed by atoms with van der Waals surface area (Å²) in [5.41, 5.74) is 6.33. The number of anilines is 1. The molecule has 0 aliphatic rings. The van der Waals surface area contributed by atoms with Crippen LogP contribution in [0.2, 0.25) is 5.02 Å². The molecule has 0 heterocycles. The Morgan fingerprint density at radius 1 is 1.29 bits per heavy atom. The van der Waals surface area contributed by atoms with E-state index in [1.54, 1.807) is 0 Å². The molecule has 21 heavy (non-hydrogen) atoms. The molecule has 0 amide bonds. The van der Waals surface area contributed by atoms with E-state index in [2.05, 4.69) is 0 Å². The van der Waals surface area contributed by atoms with Crippen molar-refractivity contribution in [2.75, 3.05) is 5.73 Å². The summed E-state index contributed by atoms with van der Waals surface area (Å²) in [5.74, 6) is -1.96. The molecule has 0 saturated heterocycles. The van der Waals surface area contributed by atoms with Crippen LogP contribution >= 0.6 is 11.6 Å².